The summed E-state index contributed by atoms with van der Waals surface area (Å²) in [5, 5.41) is 0. The van der Waals surface area contributed by atoms with Crippen molar-refractivity contribution in [3.63, 3.8) is 0 Å². The molecule has 0 saturated heterocycles. The summed E-state index contributed by atoms with van der Waals surface area (Å²) in [5.41, 5.74) is -3.72. The zero-order valence-corrected chi connectivity index (χ0v) is 9.44. The van der Waals surface area contributed by atoms with Gasteiger partial charge < -0.3 is 27.7 Å². The van der Waals surface area contributed by atoms with Gasteiger partial charge in [-0.2, -0.15) is 11.8 Å². The molecule has 0 aromatic rings. The molecule has 0 radical (unpaired) electrons. The van der Waals surface area contributed by atoms with Crippen LogP contribution in [-0.4, -0.2) is 0 Å². The van der Waals surface area contributed by atoms with Crippen LogP contribution >= 0.6 is 5.69 Å². The van der Waals surface area contributed by atoms with Gasteiger partial charge in [0.1, 0.15) is 0 Å². The normalized spacial score (nSPS) is 8.43. The minimum Gasteiger partial charge on any atom is -0.850 e. The Balaban J connectivity index is -0.0000000800. The van der Waals surface area contributed by atoms with Gasteiger partial charge in [-0.15, -0.1) is 0 Å². The Hall–Kier alpha value is 2.30. The molecule has 7 heteroatoms. The van der Waals surface area contributed by atoms with E-state index in [0.29, 0.717) is 0 Å². The van der Waals surface area contributed by atoms with Crippen LogP contribution in [0.5, 0.6) is 0 Å². The largest absolute Gasteiger partial charge is 4.00 e. The van der Waals surface area contributed by atoms with Gasteiger partial charge in [-0.25, -0.2) is 0 Å². The minimum absolute atomic E-state index is 0. The molecule has 0 aliphatic carbocycles. The third-order valence-corrected chi connectivity index (χ3v) is 0. The summed E-state index contributed by atoms with van der Waals surface area (Å²) < 4.78 is 0. The van der Waals surface area contributed by atoms with Gasteiger partial charge in [0.2, 0.25) is 0 Å². The summed E-state index contributed by atoms with van der Waals surface area (Å²) in [6, 6.07) is 0. The summed E-state index contributed by atoms with van der Waals surface area (Å²) in [6.07, 6.45) is 0. The molecule has 0 aliphatic rings. The Morgan fingerprint density at radius 2 is 1.29 bits per heavy atom. The van der Waals surface area contributed by atoms with Crippen LogP contribution in [0.1, 0.15) is 0 Å². The van der Waals surface area contributed by atoms with Crippen LogP contribution in [0, 0.1) is 0 Å². The van der Waals surface area contributed by atoms with E-state index in [0.717, 1.165) is 0 Å². The molecule has 0 spiro atoms. The standard InChI is InChI=1S/2Mo.H3O2PS2/c;;1-3(2,4)5/h;;(H3,1,2,4,5)/q2*+4;/p-3. The number of rotatable bonds is 0. The van der Waals surface area contributed by atoms with E-state index in [1.807, 2.05) is 0 Å². The molecular weight excluding hydrogens is 319 g/mol. The average Bonchev–Trinajstić information content (AvgIpc) is 0.722. The number of hydrogen-bond acceptors (Lipinski definition) is 4. The van der Waals surface area contributed by atoms with E-state index in [-0.39, 0.29) is 42.1 Å². The molecular formula is Mo2O2PS2+5. The summed E-state index contributed by atoms with van der Waals surface area (Å²) >= 11 is 7.28. The second-order valence-electron chi connectivity index (χ2n) is 0.447. The van der Waals surface area contributed by atoms with Crippen molar-refractivity contribution >= 4 is 29.7 Å². The molecule has 0 amide bonds. The Kier molecular flexibility index (Phi) is 14.8. The van der Waals surface area contributed by atoms with Gasteiger partial charge in [0.25, 0.3) is 0 Å². The zero-order valence-electron chi connectivity index (χ0n) is 2.90. The molecule has 0 atom stereocenters. The molecule has 7 heavy (non-hydrogen) atoms. The fourth-order valence-corrected chi connectivity index (χ4v) is 0. The second kappa shape index (κ2) is 6.42. The zero-order chi connectivity index (χ0) is 4.50. The van der Waals surface area contributed by atoms with Crippen LogP contribution < -0.4 is 9.79 Å². The Labute approximate surface area is 80.9 Å². The van der Waals surface area contributed by atoms with Crippen molar-refractivity contribution in [2.45, 2.75) is 0 Å². The van der Waals surface area contributed by atoms with Crippen LogP contribution in [0.4, 0.5) is 0 Å². The molecule has 0 aliphatic heterocycles. The molecule has 0 bridgehead atoms. The quantitative estimate of drug-likeness (QED) is 0.309. The van der Waals surface area contributed by atoms with Crippen LogP contribution in [0.25, 0.3) is 0 Å². The Morgan fingerprint density at radius 1 is 1.29 bits per heavy atom. The average molecular weight is 319 g/mol. The molecule has 0 aromatic heterocycles. The molecule has 0 rings (SSSR count). The second-order valence-corrected chi connectivity index (χ2v) is 4.92. The fourth-order valence-electron chi connectivity index (χ4n) is 0. The van der Waals surface area contributed by atoms with Gasteiger partial charge in [-0.05, 0) is 0 Å². The Bertz CT molecular complexity index is 59.8. The molecule has 0 heterocycles. The topological polar surface area (TPSA) is 46.1 Å². The molecule has 0 unspecified atom stereocenters. The van der Waals surface area contributed by atoms with Crippen LogP contribution in [0.15, 0.2) is 0 Å². The van der Waals surface area contributed by atoms with E-state index in [1.54, 1.807) is 0 Å². The van der Waals surface area contributed by atoms with Gasteiger partial charge in [0.15, 0.2) is 0 Å². The van der Waals surface area contributed by atoms with Crippen molar-refractivity contribution in [2.75, 3.05) is 0 Å². The van der Waals surface area contributed by atoms with Crippen LogP contribution in [0.3, 0.4) is 0 Å². The predicted molar refractivity (Wildman–Crippen MR) is 21.6 cm³/mol. The first kappa shape index (κ1) is 16.1. The summed E-state index contributed by atoms with van der Waals surface area (Å²) in [6.45, 7) is 0. The first-order valence-electron chi connectivity index (χ1n) is 0.730. The van der Waals surface area contributed by atoms with E-state index in [9.17, 15) is 9.79 Å². The number of hydrogen-bond donors (Lipinski definition) is 0. The maximum absolute atomic E-state index is 9.29. The Morgan fingerprint density at radius 3 is 1.29 bits per heavy atom. The summed E-state index contributed by atoms with van der Waals surface area (Å²) in [4.78, 5) is 18.6. The SMILES string of the molecule is [Mo+4].[Mo+4].[O-]P([O-])(=S)[S-]. The summed E-state index contributed by atoms with van der Waals surface area (Å²) in [7, 11) is 0. The molecule has 36 valence electrons. The van der Waals surface area contributed by atoms with Crippen molar-refractivity contribution in [2.24, 2.45) is 0 Å². The van der Waals surface area contributed by atoms with Gasteiger partial charge >= 0.3 is 42.1 Å². The minimum atomic E-state index is -3.72. The maximum atomic E-state index is 9.29. The predicted octanol–water partition coefficient (Wildman–Crippen LogP) is -1.53. The molecule has 2 nitrogen and oxygen atoms in total. The van der Waals surface area contributed by atoms with Gasteiger partial charge in [0, 0.05) is 0 Å². The fraction of sp³-hybridized carbons (Fsp3) is 0. The van der Waals surface area contributed by atoms with Crippen LogP contribution in [0.2, 0.25) is 0 Å². The third-order valence-electron chi connectivity index (χ3n) is 0. The molecule has 0 saturated carbocycles. The van der Waals surface area contributed by atoms with Gasteiger partial charge in [-0.3, -0.25) is 0 Å². The van der Waals surface area contributed by atoms with Crippen molar-refractivity contribution in [1.29, 1.82) is 0 Å². The molecule has 0 N–H and O–H groups in total. The van der Waals surface area contributed by atoms with E-state index >= 15 is 0 Å². The van der Waals surface area contributed by atoms with Crippen molar-refractivity contribution in [1.82, 2.24) is 0 Å². The van der Waals surface area contributed by atoms with Crippen molar-refractivity contribution in [3.8, 4) is 0 Å². The maximum Gasteiger partial charge on any atom is 4.00 e. The van der Waals surface area contributed by atoms with E-state index in [1.165, 1.54) is 0 Å². The van der Waals surface area contributed by atoms with Crippen molar-refractivity contribution in [3.05, 3.63) is 0 Å². The van der Waals surface area contributed by atoms with E-state index < -0.39 is 5.69 Å². The first-order valence-corrected chi connectivity index (χ1v) is 4.38. The van der Waals surface area contributed by atoms with E-state index in [4.69, 9.17) is 0 Å². The molecule has 0 fully saturated rings. The van der Waals surface area contributed by atoms with Crippen molar-refractivity contribution < 1.29 is 51.9 Å². The van der Waals surface area contributed by atoms with Crippen LogP contribution in [-0.2, 0) is 66.2 Å². The van der Waals surface area contributed by atoms with Gasteiger partial charge in [-0.1, -0.05) is 0 Å². The smallest absolute Gasteiger partial charge is 0.850 e. The monoisotopic (exact) mass is 323 g/mol. The van der Waals surface area contributed by atoms with Gasteiger partial charge in [0.05, 0.1) is 0 Å². The third kappa shape index (κ3) is 62.4. The van der Waals surface area contributed by atoms with E-state index in [2.05, 4.69) is 24.1 Å². The summed E-state index contributed by atoms with van der Waals surface area (Å²) in [5.74, 6) is 0. The molecule has 0 aromatic carbocycles. The first-order chi connectivity index (χ1) is 2.00.